The van der Waals surface area contributed by atoms with Crippen molar-refractivity contribution in [1.82, 2.24) is 0 Å². The van der Waals surface area contributed by atoms with E-state index in [2.05, 4.69) is 0 Å². The van der Waals surface area contributed by atoms with E-state index in [1.54, 1.807) is 30.3 Å². The Hall–Kier alpha value is -3.25. The Morgan fingerprint density at radius 3 is 1.97 bits per heavy atom. The maximum atomic E-state index is 13.1. The van der Waals surface area contributed by atoms with E-state index in [-0.39, 0.29) is 17.4 Å². The maximum Gasteiger partial charge on any atom is 0.454 e. The van der Waals surface area contributed by atoms with Crippen molar-refractivity contribution in [3.05, 3.63) is 65.2 Å². The number of amides is 2. The molecule has 0 bridgehead atoms. The van der Waals surface area contributed by atoms with Gasteiger partial charge in [0.15, 0.2) is 0 Å². The van der Waals surface area contributed by atoms with Crippen LogP contribution in [-0.2, 0) is 22.2 Å². The first-order valence-electron chi connectivity index (χ1n) is 9.40. The lowest BCUT2D eigenvalue weighted by atomic mass is 10.0. The molecule has 6 nitrogen and oxygen atoms in total. The van der Waals surface area contributed by atoms with Crippen LogP contribution in [0.5, 0.6) is 0 Å². The topological polar surface area (TPSA) is 106 Å². The fraction of sp³-hybridized carbons (Fsp3) is 0.286. The summed E-state index contributed by atoms with van der Waals surface area (Å²) in [6, 6.07) is 5.93. The average molecular weight is 475 g/mol. The molecule has 2 atom stereocenters. The van der Waals surface area contributed by atoms with Gasteiger partial charge in [-0.15, -0.1) is 0 Å². The van der Waals surface area contributed by atoms with Gasteiger partial charge in [-0.1, -0.05) is 30.3 Å². The number of hydrogen-bond donors (Lipinski definition) is 2. The number of alkyl halides is 6. The molecule has 33 heavy (non-hydrogen) atoms. The summed E-state index contributed by atoms with van der Waals surface area (Å²) >= 11 is 0. The standard InChI is InChI=1S/C21H19F6N3O3/c1-11(28)18(32)30(19(33)15(29)9-12-5-3-2-4-6-12)16-8-7-13(20(22,23)24)10-14(16)17(31)21(25,26)27/h2-8,10-11,15H,9,28-29H2,1H3. The van der Waals surface area contributed by atoms with Gasteiger partial charge in [-0.25, -0.2) is 4.90 Å². The van der Waals surface area contributed by atoms with Crippen molar-refractivity contribution in [2.24, 2.45) is 11.5 Å². The zero-order chi connectivity index (χ0) is 25.1. The minimum Gasteiger partial charge on any atom is -0.320 e. The van der Waals surface area contributed by atoms with Crippen LogP contribution >= 0.6 is 0 Å². The smallest absolute Gasteiger partial charge is 0.320 e. The molecular weight excluding hydrogens is 456 g/mol. The third kappa shape index (κ3) is 6.17. The SMILES string of the molecule is CC(N)C(=O)N(C(=O)C(N)Cc1ccccc1)c1ccc(C(F)(F)F)cc1C(=O)C(F)(F)F. The molecule has 178 valence electrons. The summed E-state index contributed by atoms with van der Waals surface area (Å²) in [7, 11) is 0. The predicted octanol–water partition coefficient (Wildman–Crippen LogP) is 3.23. The molecule has 0 fully saturated rings. The number of Topliss-reactive ketones (excluding diaryl/α,β-unsaturated/α-hetero) is 1. The Bertz CT molecular complexity index is 1040. The van der Waals surface area contributed by atoms with E-state index >= 15 is 0 Å². The second-order valence-electron chi connectivity index (χ2n) is 7.15. The minimum absolute atomic E-state index is 0.0668. The highest BCUT2D eigenvalue weighted by molar-refractivity contribution is 6.21. The lowest BCUT2D eigenvalue weighted by Crippen LogP contribution is -2.53. The Balaban J connectivity index is 2.64. The minimum atomic E-state index is -5.59. The molecule has 0 saturated carbocycles. The zero-order valence-corrected chi connectivity index (χ0v) is 17.1. The molecule has 2 unspecified atom stereocenters. The van der Waals surface area contributed by atoms with E-state index in [9.17, 15) is 40.7 Å². The molecule has 12 heteroatoms. The van der Waals surface area contributed by atoms with Crippen LogP contribution in [0.3, 0.4) is 0 Å². The van der Waals surface area contributed by atoms with Crippen LogP contribution in [0, 0.1) is 0 Å². The van der Waals surface area contributed by atoms with E-state index in [4.69, 9.17) is 11.5 Å². The number of halogens is 6. The number of benzene rings is 2. The number of hydrogen-bond acceptors (Lipinski definition) is 5. The van der Waals surface area contributed by atoms with E-state index < -0.39 is 58.8 Å². The molecule has 0 spiro atoms. The van der Waals surface area contributed by atoms with Crippen LogP contribution in [0.2, 0.25) is 0 Å². The number of carbonyl (C=O) groups excluding carboxylic acids is 3. The highest BCUT2D eigenvalue weighted by Gasteiger charge is 2.44. The number of nitrogens with zero attached hydrogens (tertiary/aromatic N) is 1. The molecule has 2 rings (SSSR count). The number of anilines is 1. The van der Waals surface area contributed by atoms with Gasteiger partial charge in [-0.05, 0) is 37.1 Å². The first kappa shape index (κ1) is 26.0. The molecule has 0 saturated heterocycles. The van der Waals surface area contributed by atoms with Crippen molar-refractivity contribution in [2.45, 2.75) is 37.8 Å². The first-order chi connectivity index (χ1) is 15.1. The van der Waals surface area contributed by atoms with E-state index in [1.165, 1.54) is 0 Å². The molecule has 4 N–H and O–H groups in total. The molecule has 0 aliphatic rings. The Morgan fingerprint density at radius 2 is 1.48 bits per heavy atom. The van der Waals surface area contributed by atoms with Crippen molar-refractivity contribution in [3.8, 4) is 0 Å². The second-order valence-corrected chi connectivity index (χ2v) is 7.15. The van der Waals surface area contributed by atoms with Crippen molar-refractivity contribution < 1.29 is 40.7 Å². The summed E-state index contributed by atoms with van der Waals surface area (Å²) in [5, 5.41) is 0. The molecule has 0 aliphatic carbocycles. The Kier molecular flexibility index (Phi) is 7.65. The second kappa shape index (κ2) is 9.71. The molecule has 2 aromatic rings. The molecule has 0 aliphatic heterocycles. The molecule has 0 aromatic heterocycles. The normalized spacial score (nSPS) is 13.8. The fourth-order valence-electron chi connectivity index (χ4n) is 2.91. The van der Waals surface area contributed by atoms with Gasteiger partial charge in [-0.2, -0.15) is 26.3 Å². The quantitative estimate of drug-likeness (QED) is 0.493. The monoisotopic (exact) mass is 475 g/mol. The summed E-state index contributed by atoms with van der Waals surface area (Å²) in [6.07, 6.45) is -10.8. The predicted molar refractivity (Wildman–Crippen MR) is 106 cm³/mol. The van der Waals surface area contributed by atoms with Crippen LogP contribution in [-0.4, -0.2) is 35.9 Å². The molecule has 0 heterocycles. The lowest BCUT2D eigenvalue weighted by molar-refractivity contribution is -0.137. The van der Waals surface area contributed by atoms with Crippen LogP contribution in [0.15, 0.2) is 48.5 Å². The number of nitrogens with two attached hydrogens (primary N) is 2. The van der Waals surface area contributed by atoms with Crippen molar-refractivity contribution in [3.63, 3.8) is 0 Å². The van der Waals surface area contributed by atoms with Crippen LogP contribution in [0.1, 0.15) is 28.4 Å². The third-order valence-electron chi connectivity index (χ3n) is 4.51. The number of ketones is 1. The van der Waals surface area contributed by atoms with Gasteiger partial charge in [0.2, 0.25) is 5.91 Å². The van der Waals surface area contributed by atoms with Crippen LogP contribution in [0.25, 0.3) is 0 Å². The fourth-order valence-corrected chi connectivity index (χ4v) is 2.91. The molecule has 2 amide bonds. The summed E-state index contributed by atoms with van der Waals surface area (Å²) in [5.74, 6) is -5.16. The highest BCUT2D eigenvalue weighted by atomic mass is 19.4. The number of rotatable bonds is 6. The first-order valence-corrected chi connectivity index (χ1v) is 9.40. The van der Waals surface area contributed by atoms with E-state index in [1.807, 2.05) is 0 Å². The maximum absolute atomic E-state index is 13.1. The lowest BCUT2D eigenvalue weighted by Gasteiger charge is -2.28. The third-order valence-corrected chi connectivity index (χ3v) is 4.51. The van der Waals surface area contributed by atoms with Gasteiger partial charge in [0.1, 0.15) is 0 Å². The number of imide groups is 1. The van der Waals surface area contributed by atoms with Crippen molar-refractivity contribution in [1.29, 1.82) is 0 Å². The van der Waals surface area contributed by atoms with Crippen LogP contribution < -0.4 is 16.4 Å². The highest BCUT2D eigenvalue weighted by Crippen LogP contribution is 2.36. The number of carbonyl (C=O) groups is 3. The molecular formula is C21H19F6N3O3. The van der Waals surface area contributed by atoms with Crippen LogP contribution in [0.4, 0.5) is 32.0 Å². The molecule has 2 aromatic carbocycles. The van der Waals surface area contributed by atoms with Crippen molar-refractivity contribution in [2.75, 3.05) is 4.90 Å². The van der Waals surface area contributed by atoms with E-state index in [0.29, 0.717) is 17.7 Å². The Morgan fingerprint density at radius 1 is 0.909 bits per heavy atom. The van der Waals surface area contributed by atoms with Gasteiger partial charge in [0, 0.05) is 0 Å². The largest absolute Gasteiger partial charge is 0.454 e. The van der Waals surface area contributed by atoms with Gasteiger partial charge in [0.05, 0.1) is 28.9 Å². The van der Waals surface area contributed by atoms with Gasteiger partial charge in [-0.3, -0.25) is 14.4 Å². The summed E-state index contributed by atoms with van der Waals surface area (Å²) in [5.41, 5.74) is 7.81. The summed E-state index contributed by atoms with van der Waals surface area (Å²) in [4.78, 5) is 37.7. The Labute approximate surface area is 184 Å². The summed E-state index contributed by atoms with van der Waals surface area (Å²) in [6.45, 7) is 1.11. The molecule has 0 radical (unpaired) electrons. The van der Waals surface area contributed by atoms with Gasteiger partial charge >= 0.3 is 12.4 Å². The van der Waals surface area contributed by atoms with Gasteiger partial charge < -0.3 is 11.5 Å². The summed E-state index contributed by atoms with van der Waals surface area (Å²) < 4.78 is 78.7. The zero-order valence-electron chi connectivity index (χ0n) is 17.1. The van der Waals surface area contributed by atoms with Crippen molar-refractivity contribution >= 4 is 23.3 Å². The van der Waals surface area contributed by atoms with E-state index in [0.717, 1.165) is 6.92 Å². The average Bonchev–Trinajstić information content (AvgIpc) is 2.72. The van der Waals surface area contributed by atoms with Gasteiger partial charge in [0.25, 0.3) is 11.7 Å².